The topological polar surface area (TPSA) is 51.4 Å². The zero-order valence-electron chi connectivity index (χ0n) is 9.60. The Morgan fingerprint density at radius 1 is 1.47 bits per heavy atom. The van der Waals surface area contributed by atoms with Crippen molar-refractivity contribution in [1.82, 2.24) is 4.98 Å². The van der Waals surface area contributed by atoms with Gasteiger partial charge in [-0.3, -0.25) is 4.98 Å². The number of hydrogen-bond acceptors (Lipinski definition) is 4. The predicted octanol–water partition coefficient (Wildman–Crippen LogP) is 1.52. The first-order chi connectivity index (χ1) is 7.15. The largest absolute Gasteiger partial charge is 0.397 e. The molecule has 1 aromatic rings. The number of rotatable bonds is 5. The number of anilines is 2. The summed E-state index contributed by atoms with van der Waals surface area (Å²) in [5.74, 6) is 0. The average molecular weight is 209 g/mol. The predicted molar refractivity (Wildman–Crippen MR) is 63.0 cm³/mol. The smallest absolute Gasteiger partial charge is 0.0637 e. The van der Waals surface area contributed by atoms with Gasteiger partial charge in [0, 0.05) is 25.9 Å². The minimum Gasteiger partial charge on any atom is -0.397 e. The third-order valence-corrected chi connectivity index (χ3v) is 2.24. The third kappa shape index (κ3) is 3.40. The Kier molecular flexibility index (Phi) is 4.37. The van der Waals surface area contributed by atoms with Crippen molar-refractivity contribution in [2.45, 2.75) is 19.9 Å². The van der Waals surface area contributed by atoms with E-state index in [0.717, 1.165) is 12.2 Å². The first kappa shape index (κ1) is 11.8. The molecule has 1 heterocycles. The van der Waals surface area contributed by atoms with Crippen LogP contribution in [0.15, 0.2) is 18.5 Å². The molecule has 0 aromatic carbocycles. The van der Waals surface area contributed by atoms with Crippen LogP contribution in [0.5, 0.6) is 0 Å². The lowest BCUT2D eigenvalue weighted by atomic mass is 10.2. The minimum absolute atomic E-state index is 0.406. The van der Waals surface area contributed by atoms with E-state index in [-0.39, 0.29) is 0 Å². The Morgan fingerprint density at radius 3 is 2.73 bits per heavy atom. The van der Waals surface area contributed by atoms with Gasteiger partial charge in [-0.2, -0.15) is 0 Å². The molecule has 1 rings (SSSR count). The van der Waals surface area contributed by atoms with Crippen molar-refractivity contribution >= 4 is 11.4 Å². The van der Waals surface area contributed by atoms with E-state index in [0.29, 0.717) is 18.3 Å². The van der Waals surface area contributed by atoms with Gasteiger partial charge in [-0.15, -0.1) is 0 Å². The Labute approximate surface area is 91.1 Å². The van der Waals surface area contributed by atoms with Crippen LogP contribution in [-0.2, 0) is 4.74 Å². The van der Waals surface area contributed by atoms with Crippen molar-refractivity contribution in [2.24, 2.45) is 0 Å². The Hall–Kier alpha value is -1.29. The Bertz CT molecular complexity index is 302. The molecule has 0 saturated carbocycles. The van der Waals surface area contributed by atoms with E-state index in [2.05, 4.69) is 23.7 Å². The zero-order chi connectivity index (χ0) is 11.3. The summed E-state index contributed by atoms with van der Waals surface area (Å²) < 4.78 is 5.08. The van der Waals surface area contributed by atoms with Gasteiger partial charge >= 0.3 is 0 Å². The zero-order valence-corrected chi connectivity index (χ0v) is 9.60. The monoisotopic (exact) mass is 209 g/mol. The van der Waals surface area contributed by atoms with E-state index >= 15 is 0 Å². The van der Waals surface area contributed by atoms with E-state index in [1.807, 2.05) is 12.3 Å². The van der Waals surface area contributed by atoms with E-state index in [4.69, 9.17) is 10.5 Å². The van der Waals surface area contributed by atoms with Gasteiger partial charge in [-0.25, -0.2) is 0 Å². The lowest BCUT2D eigenvalue weighted by Gasteiger charge is -2.28. The maximum atomic E-state index is 5.70. The van der Waals surface area contributed by atoms with E-state index in [9.17, 15) is 0 Å². The van der Waals surface area contributed by atoms with Crippen LogP contribution in [0.25, 0.3) is 0 Å². The van der Waals surface area contributed by atoms with Gasteiger partial charge in [0.05, 0.1) is 24.2 Å². The fraction of sp³-hybridized carbons (Fsp3) is 0.545. The summed E-state index contributed by atoms with van der Waals surface area (Å²) >= 11 is 0. The normalized spacial score (nSPS) is 10.7. The number of nitrogens with two attached hydrogens (primary N) is 1. The number of nitrogens with zero attached hydrogens (tertiary/aromatic N) is 2. The quantitative estimate of drug-likeness (QED) is 0.799. The standard InChI is InChI=1S/C11H19N3O/c1-9(2)14(4-5-15-3)11-6-10(12)7-13-8-11/h6-9H,4-5,12H2,1-3H3. The first-order valence-electron chi connectivity index (χ1n) is 5.11. The molecule has 1 aromatic heterocycles. The van der Waals surface area contributed by atoms with E-state index in [1.54, 1.807) is 13.3 Å². The number of ether oxygens (including phenoxy) is 1. The van der Waals surface area contributed by atoms with Gasteiger partial charge in [0.15, 0.2) is 0 Å². The molecule has 84 valence electrons. The van der Waals surface area contributed by atoms with Gasteiger partial charge in [-0.05, 0) is 19.9 Å². The van der Waals surface area contributed by atoms with Crippen LogP contribution in [0.1, 0.15) is 13.8 Å². The van der Waals surface area contributed by atoms with Crippen LogP contribution < -0.4 is 10.6 Å². The average Bonchev–Trinajstić information content (AvgIpc) is 2.18. The van der Waals surface area contributed by atoms with Crippen LogP contribution in [0.4, 0.5) is 11.4 Å². The molecule has 2 N–H and O–H groups in total. The molecule has 0 fully saturated rings. The van der Waals surface area contributed by atoms with Crippen molar-refractivity contribution in [3.05, 3.63) is 18.5 Å². The second-order valence-electron chi connectivity index (χ2n) is 3.76. The summed E-state index contributed by atoms with van der Waals surface area (Å²) in [4.78, 5) is 6.30. The molecule has 15 heavy (non-hydrogen) atoms. The van der Waals surface area contributed by atoms with Gasteiger partial charge < -0.3 is 15.4 Å². The van der Waals surface area contributed by atoms with Gasteiger partial charge in [-0.1, -0.05) is 0 Å². The maximum Gasteiger partial charge on any atom is 0.0637 e. The molecule has 0 amide bonds. The number of pyridine rings is 1. The third-order valence-electron chi connectivity index (χ3n) is 2.24. The summed E-state index contributed by atoms with van der Waals surface area (Å²) in [5, 5.41) is 0. The van der Waals surface area contributed by atoms with Gasteiger partial charge in [0.2, 0.25) is 0 Å². The molecule has 0 saturated heterocycles. The fourth-order valence-corrected chi connectivity index (χ4v) is 1.48. The van der Waals surface area contributed by atoms with E-state index < -0.39 is 0 Å². The molecule has 4 heteroatoms. The molecular formula is C11H19N3O. The van der Waals surface area contributed by atoms with Crippen molar-refractivity contribution < 1.29 is 4.74 Å². The molecule has 0 bridgehead atoms. The van der Waals surface area contributed by atoms with Crippen LogP contribution in [0, 0.1) is 0 Å². The molecule has 0 aliphatic rings. The van der Waals surface area contributed by atoms with Crippen LogP contribution >= 0.6 is 0 Å². The summed E-state index contributed by atoms with van der Waals surface area (Å²) in [6.07, 6.45) is 3.48. The van der Waals surface area contributed by atoms with Gasteiger partial charge in [0.25, 0.3) is 0 Å². The molecule has 0 atom stereocenters. The highest BCUT2D eigenvalue weighted by Crippen LogP contribution is 2.17. The summed E-state index contributed by atoms with van der Waals surface area (Å²) in [5.41, 5.74) is 7.44. The van der Waals surface area contributed by atoms with Crippen LogP contribution in [-0.4, -0.2) is 31.3 Å². The lowest BCUT2D eigenvalue weighted by molar-refractivity contribution is 0.204. The second kappa shape index (κ2) is 5.56. The maximum absolute atomic E-state index is 5.70. The van der Waals surface area contributed by atoms with Crippen molar-refractivity contribution in [3.63, 3.8) is 0 Å². The molecule has 0 radical (unpaired) electrons. The highest BCUT2D eigenvalue weighted by atomic mass is 16.5. The highest BCUT2D eigenvalue weighted by molar-refractivity contribution is 5.53. The summed E-state index contributed by atoms with van der Waals surface area (Å²) in [6.45, 7) is 5.82. The molecule has 0 unspecified atom stereocenters. The molecular weight excluding hydrogens is 190 g/mol. The van der Waals surface area contributed by atoms with Gasteiger partial charge in [0.1, 0.15) is 0 Å². The molecule has 0 aliphatic carbocycles. The first-order valence-corrected chi connectivity index (χ1v) is 5.11. The summed E-state index contributed by atoms with van der Waals surface area (Å²) in [7, 11) is 1.70. The number of hydrogen-bond donors (Lipinski definition) is 1. The van der Waals surface area contributed by atoms with Crippen LogP contribution in [0.3, 0.4) is 0 Å². The second-order valence-corrected chi connectivity index (χ2v) is 3.76. The molecule has 0 spiro atoms. The number of aromatic nitrogens is 1. The SMILES string of the molecule is COCCN(c1cncc(N)c1)C(C)C. The molecule has 4 nitrogen and oxygen atoms in total. The van der Waals surface area contributed by atoms with Crippen molar-refractivity contribution in [3.8, 4) is 0 Å². The highest BCUT2D eigenvalue weighted by Gasteiger charge is 2.10. The fourth-order valence-electron chi connectivity index (χ4n) is 1.48. The number of methoxy groups -OCH3 is 1. The van der Waals surface area contributed by atoms with Crippen LogP contribution in [0.2, 0.25) is 0 Å². The lowest BCUT2D eigenvalue weighted by Crippen LogP contribution is -2.33. The number of nitrogen functional groups attached to an aromatic ring is 1. The van der Waals surface area contributed by atoms with Crippen molar-refractivity contribution in [2.75, 3.05) is 30.9 Å². The Morgan fingerprint density at radius 2 is 2.20 bits per heavy atom. The minimum atomic E-state index is 0.406. The summed E-state index contributed by atoms with van der Waals surface area (Å²) in [6, 6.07) is 2.34. The van der Waals surface area contributed by atoms with Crippen molar-refractivity contribution in [1.29, 1.82) is 0 Å². The molecule has 0 aliphatic heterocycles. The van der Waals surface area contributed by atoms with E-state index in [1.165, 1.54) is 0 Å². The Balaban J connectivity index is 2.79.